The normalized spacial score (nSPS) is 24.2. The average Bonchev–Trinajstić information content (AvgIpc) is 3.58. The molecule has 0 amide bonds. The van der Waals surface area contributed by atoms with Gasteiger partial charge in [-0.15, -0.1) is 0 Å². The van der Waals surface area contributed by atoms with E-state index in [0.717, 1.165) is 46.9 Å². The van der Waals surface area contributed by atoms with Crippen LogP contribution in [0, 0.1) is 23.1 Å². The Morgan fingerprint density at radius 1 is 1.00 bits per heavy atom. The average molecular weight is 523 g/mol. The predicted octanol–water partition coefficient (Wildman–Crippen LogP) is 6.86. The molecule has 0 radical (unpaired) electrons. The van der Waals surface area contributed by atoms with E-state index < -0.39 is 11.9 Å². The number of nitriles is 1. The topological polar surface area (TPSA) is 65.7 Å². The van der Waals surface area contributed by atoms with Gasteiger partial charge in [-0.2, -0.15) is 5.26 Å². The molecule has 3 fully saturated rings. The van der Waals surface area contributed by atoms with Crippen LogP contribution in [0.1, 0.15) is 66.9 Å². The van der Waals surface area contributed by atoms with E-state index in [1.807, 2.05) is 42.5 Å². The third kappa shape index (κ3) is 4.35. The Labute approximate surface area is 228 Å². The van der Waals surface area contributed by atoms with E-state index in [4.69, 9.17) is 9.47 Å². The third-order valence-corrected chi connectivity index (χ3v) is 8.79. The molecule has 0 bridgehead atoms. The minimum absolute atomic E-state index is 0.177. The summed E-state index contributed by atoms with van der Waals surface area (Å²) >= 11 is 0. The number of hydrogen-bond donors (Lipinski definition) is 1. The van der Waals surface area contributed by atoms with Crippen molar-refractivity contribution in [2.45, 2.75) is 56.7 Å². The zero-order chi connectivity index (χ0) is 26.5. The highest BCUT2D eigenvalue weighted by atomic mass is 19.1. The van der Waals surface area contributed by atoms with Crippen LogP contribution in [0.3, 0.4) is 0 Å². The number of benzene rings is 3. The second-order valence-corrected chi connectivity index (χ2v) is 11.2. The molecule has 3 aliphatic heterocycles. The molecule has 6 heteroatoms. The van der Waals surface area contributed by atoms with Crippen LogP contribution in [0.4, 0.5) is 4.39 Å². The highest BCUT2D eigenvalue weighted by Gasteiger charge is 2.41. The molecule has 0 spiro atoms. The number of allylic oxidation sites excluding steroid dienone is 1. The lowest BCUT2D eigenvalue weighted by Gasteiger charge is -2.33. The van der Waals surface area contributed by atoms with Crippen molar-refractivity contribution in [1.29, 1.82) is 5.26 Å². The molecule has 0 aromatic heterocycles. The van der Waals surface area contributed by atoms with Gasteiger partial charge in [0.1, 0.15) is 24.2 Å². The van der Waals surface area contributed by atoms with Crippen molar-refractivity contribution in [2.75, 3.05) is 13.2 Å². The van der Waals surface area contributed by atoms with Gasteiger partial charge in [0.25, 0.3) is 0 Å². The van der Waals surface area contributed by atoms with Crippen molar-refractivity contribution in [3.63, 3.8) is 0 Å². The number of rotatable bonds is 6. The Kier molecular flexibility index (Phi) is 6.05. The van der Waals surface area contributed by atoms with E-state index >= 15 is 4.39 Å². The van der Waals surface area contributed by atoms with Crippen LogP contribution in [0.2, 0.25) is 0 Å². The fraction of sp³-hybridized carbons (Fsp3) is 0.364. The van der Waals surface area contributed by atoms with Crippen LogP contribution in [-0.4, -0.2) is 35.2 Å². The molecule has 3 aromatic carbocycles. The lowest BCUT2D eigenvalue weighted by Crippen LogP contribution is -2.35. The van der Waals surface area contributed by atoms with Crippen LogP contribution < -0.4 is 9.47 Å². The van der Waals surface area contributed by atoms with Crippen molar-refractivity contribution in [3.8, 4) is 23.3 Å². The van der Waals surface area contributed by atoms with Crippen molar-refractivity contribution >= 4 is 11.1 Å². The fourth-order valence-electron chi connectivity index (χ4n) is 6.76. The van der Waals surface area contributed by atoms with E-state index in [2.05, 4.69) is 11.0 Å². The first-order chi connectivity index (χ1) is 19.1. The molecular weight excluding hydrogens is 491 g/mol. The summed E-state index contributed by atoms with van der Waals surface area (Å²) in [6.07, 6.45) is 6.49. The number of ether oxygens (including phenoxy) is 2. The fourth-order valence-corrected chi connectivity index (χ4v) is 6.76. The lowest BCUT2D eigenvalue weighted by molar-refractivity contribution is 0.169. The van der Waals surface area contributed by atoms with E-state index in [1.54, 1.807) is 12.1 Å². The Hall–Kier alpha value is -3.82. The van der Waals surface area contributed by atoms with Gasteiger partial charge in [0.15, 0.2) is 11.6 Å². The number of aromatic hydroxyl groups is 1. The minimum Gasteiger partial charge on any atom is -0.505 e. The second-order valence-electron chi connectivity index (χ2n) is 11.2. The molecule has 39 heavy (non-hydrogen) atoms. The van der Waals surface area contributed by atoms with Crippen molar-refractivity contribution in [2.24, 2.45) is 5.92 Å². The van der Waals surface area contributed by atoms with Gasteiger partial charge in [0, 0.05) is 17.7 Å². The molecule has 198 valence electrons. The number of phenols is 1. The van der Waals surface area contributed by atoms with Gasteiger partial charge in [-0.05, 0) is 104 Å². The van der Waals surface area contributed by atoms with Gasteiger partial charge in [0.05, 0.1) is 17.2 Å². The quantitative estimate of drug-likeness (QED) is 0.383. The van der Waals surface area contributed by atoms with Crippen molar-refractivity contribution in [3.05, 3.63) is 88.7 Å². The van der Waals surface area contributed by atoms with Crippen LogP contribution in [-0.2, 0) is 0 Å². The van der Waals surface area contributed by atoms with Gasteiger partial charge in [0.2, 0.25) is 0 Å². The smallest absolute Gasteiger partial charge is 0.176 e. The first-order valence-corrected chi connectivity index (χ1v) is 14.0. The summed E-state index contributed by atoms with van der Waals surface area (Å²) < 4.78 is 28.1. The monoisotopic (exact) mass is 522 g/mol. The maximum atomic E-state index is 15.4. The lowest BCUT2D eigenvalue weighted by atomic mass is 9.82. The number of fused-ring (bicyclic) bond motifs is 2. The number of phenolic OH excluding ortho intramolecular Hbond substituents is 1. The van der Waals surface area contributed by atoms with Crippen molar-refractivity contribution in [1.82, 2.24) is 4.90 Å². The highest BCUT2D eigenvalue weighted by Crippen LogP contribution is 2.56. The first kappa shape index (κ1) is 24.2. The van der Waals surface area contributed by atoms with Crippen LogP contribution >= 0.6 is 0 Å². The molecule has 2 saturated heterocycles. The molecule has 3 atom stereocenters. The summed E-state index contributed by atoms with van der Waals surface area (Å²) in [7, 11) is 0. The van der Waals surface area contributed by atoms with E-state index in [0.29, 0.717) is 29.5 Å². The number of halogens is 1. The summed E-state index contributed by atoms with van der Waals surface area (Å²) in [5.41, 5.74) is 4.35. The molecule has 1 aliphatic carbocycles. The molecule has 1 unspecified atom stereocenters. The van der Waals surface area contributed by atoms with E-state index in [9.17, 15) is 10.4 Å². The van der Waals surface area contributed by atoms with Gasteiger partial charge in [-0.3, -0.25) is 4.90 Å². The Morgan fingerprint density at radius 3 is 2.64 bits per heavy atom. The SMILES string of the molecule is N#Cc1cccc(C2=C(C3CC3)c3c(ccc(O)c3F)OC2c2ccc(OC[C@@H]3CC[C@@H]4CCCN43)cc2)c1. The Morgan fingerprint density at radius 2 is 1.85 bits per heavy atom. The summed E-state index contributed by atoms with van der Waals surface area (Å²) in [5, 5.41) is 19.8. The van der Waals surface area contributed by atoms with Gasteiger partial charge in [-0.1, -0.05) is 24.3 Å². The second kappa shape index (κ2) is 9.73. The van der Waals surface area contributed by atoms with Crippen LogP contribution in [0.5, 0.6) is 17.2 Å². The van der Waals surface area contributed by atoms with Gasteiger partial charge < -0.3 is 14.6 Å². The van der Waals surface area contributed by atoms with Crippen LogP contribution in [0.15, 0.2) is 60.7 Å². The Bertz CT molecular complexity index is 1490. The molecular formula is C33H31FN2O3. The standard InChI is InChI=1S/C33H31FN2O3/c34-32-27(37)14-15-28-31(32)29(21-6-7-21)30(23-4-1-3-20(17-23)18-35)33(39-28)22-8-12-26(13-9-22)38-19-25-11-10-24-5-2-16-36(24)25/h1,3-4,8-9,12-15,17,21,24-25,33,37H,2,5-7,10-11,16,19H2/t24-,25-,33?/m0/s1. The molecule has 1 saturated carbocycles. The zero-order valence-electron chi connectivity index (χ0n) is 21.8. The molecule has 5 nitrogen and oxygen atoms in total. The molecule has 4 aliphatic rings. The predicted molar refractivity (Wildman–Crippen MR) is 147 cm³/mol. The highest BCUT2D eigenvalue weighted by molar-refractivity contribution is 5.98. The summed E-state index contributed by atoms with van der Waals surface area (Å²) in [5.74, 6) is 0.392. The first-order valence-electron chi connectivity index (χ1n) is 14.0. The van der Waals surface area contributed by atoms with E-state index in [-0.39, 0.29) is 11.7 Å². The summed E-state index contributed by atoms with van der Waals surface area (Å²) in [4.78, 5) is 2.62. The zero-order valence-corrected chi connectivity index (χ0v) is 21.8. The van der Waals surface area contributed by atoms with Gasteiger partial charge in [-0.25, -0.2) is 4.39 Å². The summed E-state index contributed by atoms with van der Waals surface area (Å²) in [6.45, 7) is 1.88. The molecule has 3 aromatic rings. The Balaban J connectivity index is 1.24. The van der Waals surface area contributed by atoms with Crippen molar-refractivity contribution < 1.29 is 19.0 Å². The minimum atomic E-state index is -0.655. The molecule has 1 N–H and O–H groups in total. The van der Waals surface area contributed by atoms with Crippen LogP contribution in [0.25, 0.3) is 11.1 Å². The largest absolute Gasteiger partial charge is 0.505 e. The van der Waals surface area contributed by atoms with Gasteiger partial charge >= 0.3 is 0 Å². The maximum Gasteiger partial charge on any atom is 0.176 e. The van der Waals surface area contributed by atoms with E-state index in [1.165, 1.54) is 38.3 Å². The molecule has 3 heterocycles. The molecule has 7 rings (SSSR count). The third-order valence-electron chi connectivity index (χ3n) is 8.79. The number of hydrogen-bond acceptors (Lipinski definition) is 5. The number of nitrogens with zero attached hydrogens (tertiary/aromatic N) is 2. The maximum absolute atomic E-state index is 15.4. The summed E-state index contributed by atoms with van der Waals surface area (Å²) in [6, 6.07) is 21.9.